The summed E-state index contributed by atoms with van der Waals surface area (Å²) in [5, 5.41) is 3.25. The van der Waals surface area contributed by atoms with E-state index in [0.717, 1.165) is 0 Å². The van der Waals surface area contributed by atoms with Crippen LogP contribution in [-0.2, 0) is 17.9 Å². The first kappa shape index (κ1) is 21.3. The second-order valence-electron chi connectivity index (χ2n) is 7.41. The number of carbonyl (C=O) groups excluding carboxylic acids is 1. The molecular formula is C22H22ClF2N5O. The SMILES string of the molecule is CC[C@H](N)C(=O)N1CCn2c(nc(-c3ccc(F)cc3)c2Nc2ccc(Cl)c(F)c2)C1. The Labute approximate surface area is 183 Å². The van der Waals surface area contributed by atoms with Crippen molar-refractivity contribution < 1.29 is 13.6 Å². The van der Waals surface area contributed by atoms with Crippen molar-refractivity contribution in [1.82, 2.24) is 14.5 Å². The van der Waals surface area contributed by atoms with Gasteiger partial charge in [-0.05, 0) is 48.9 Å². The Hall–Kier alpha value is -2.97. The minimum absolute atomic E-state index is 0.0287. The van der Waals surface area contributed by atoms with Crippen LogP contribution in [0.3, 0.4) is 0 Å². The van der Waals surface area contributed by atoms with E-state index in [4.69, 9.17) is 22.3 Å². The number of nitrogens with one attached hydrogen (secondary N) is 1. The summed E-state index contributed by atoms with van der Waals surface area (Å²) >= 11 is 5.80. The van der Waals surface area contributed by atoms with Crippen molar-refractivity contribution in [2.45, 2.75) is 32.5 Å². The molecule has 0 saturated heterocycles. The highest BCUT2D eigenvalue weighted by Crippen LogP contribution is 2.34. The summed E-state index contributed by atoms with van der Waals surface area (Å²) in [6, 6.07) is 9.86. The van der Waals surface area contributed by atoms with Gasteiger partial charge in [0.15, 0.2) is 0 Å². The first-order chi connectivity index (χ1) is 14.9. The van der Waals surface area contributed by atoms with Crippen molar-refractivity contribution in [1.29, 1.82) is 0 Å². The Morgan fingerprint density at radius 3 is 2.65 bits per heavy atom. The zero-order valence-electron chi connectivity index (χ0n) is 16.9. The molecule has 2 heterocycles. The number of anilines is 2. The molecule has 0 bridgehead atoms. The molecule has 3 aromatic rings. The maximum absolute atomic E-state index is 14.0. The molecule has 1 aromatic heterocycles. The normalized spacial score (nSPS) is 14.3. The molecule has 4 rings (SSSR count). The molecular weight excluding hydrogens is 424 g/mol. The Balaban J connectivity index is 1.74. The third-order valence-corrected chi connectivity index (χ3v) is 5.65. The van der Waals surface area contributed by atoms with Crippen LogP contribution in [-0.4, -0.2) is 32.9 Å². The lowest BCUT2D eigenvalue weighted by Crippen LogP contribution is -2.46. The number of carbonyl (C=O) groups is 1. The van der Waals surface area contributed by atoms with Gasteiger partial charge in [0, 0.05) is 24.3 Å². The van der Waals surface area contributed by atoms with Gasteiger partial charge < -0.3 is 20.5 Å². The topological polar surface area (TPSA) is 76.2 Å². The van der Waals surface area contributed by atoms with Gasteiger partial charge in [-0.15, -0.1) is 0 Å². The molecule has 0 spiro atoms. The molecule has 0 radical (unpaired) electrons. The number of hydrogen-bond acceptors (Lipinski definition) is 4. The van der Waals surface area contributed by atoms with Gasteiger partial charge in [0.1, 0.15) is 29.0 Å². The third kappa shape index (κ3) is 4.26. The lowest BCUT2D eigenvalue weighted by Gasteiger charge is -2.30. The predicted molar refractivity (Wildman–Crippen MR) is 116 cm³/mol. The fourth-order valence-corrected chi connectivity index (χ4v) is 3.69. The van der Waals surface area contributed by atoms with Crippen LogP contribution in [0.2, 0.25) is 5.02 Å². The average Bonchev–Trinajstić information content (AvgIpc) is 3.13. The fraction of sp³-hybridized carbons (Fsp3) is 0.273. The first-order valence-corrected chi connectivity index (χ1v) is 10.4. The van der Waals surface area contributed by atoms with E-state index in [9.17, 15) is 13.6 Å². The molecule has 0 fully saturated rings. The van der Waals surface area contributed by atoms with Crippen molar-refractivity contribution in [3.05, 3.63) is 64.9 Å². The Morgan fingerprint density at radius 1 is 1.23 bits per heavy atom. The minimum atomic E-state index is -0.548. The summed E-state index contributed by atoms with van der Waals surface area (Å²) in [5.41, 5.74) is 7.70. The van der Waals surface area contributed by atoms with E-state index in [1.165, 1.54) is 24.3 Å². The number of aromatic nitrogens is 2. The summed E-state index contributed by atoms with van der Waals surface area (Å²) in [6.07, 6.45) is 0.555. The van der Waals surface area contributed by atoms with Gasteiger partial charge in [0.25, 0.3) is 0 Å². The highest BCUT2D eigenvalue weighted by atomic mass is 35.5. The number of nitrogens with zero attached hydrogens (tertiary/aromatic N) is 3. The zero-order chi connectivity index (χ0) is 22.1. The van der Waals surface area contributed by atoms with Gasteiger partial charge in [-0.25, -0.2) is 13.8 Å². The molecule has 9 heteroatoms. The minimum Gasteiger partial charge on any atom is -0.340 e. The highest BCUT2D eigenvalue weighted by molar-refractivity contribution is 6.30. The molecule has 3 N–H and O–H groups in total. The molecule has 0 unspecified atom stereocenters. The van der Waals surface area contributed by atoms with Crippen molar-refractivity contribution in [2.24, 2.45) is 5.73 Å². The first-order valence-electron chi connectivity index (χ1n) is 9.99. The average molecular weight is 446 g/mol. The molecule has 2 aromatic carbocycles. The van der Waals surface area contributed by atoms with Crippen LogP contribution >= 0.6 is 11.6 Å². The van der Waals surface area contributed by atoms with Gasteiger partial charge in [-0.1, -0.05) is 18.5 Å². The zero-order valence-corrected chi connectivity index (χ0v) is 17.7. The van der Waals surface area contributed by atoms with Crippen LogP contribution in [0.25, 0.3) is 11.3 Å². The molecule has 31 heavy (non-hydrogen) atoms. The predicted octanol–water partition coefficient (Wildman–Crippen LogP) is 4.30. The van der Waals surface area contributed by atoms with Crippen molar-refractivity contribution in [2.75, 3.05) is 11.9 Å². The maximum atomic E-state index is 14.0. The summed E-state index contributed by atoms with van der Waals surface area (Å²) in [5.74, 6) is 0.287. The summed E-state index contributed by atoms with van der Waals surface area (Å²) in [6.45, 7) is 3.14. The van der Waals surface area contributed by atoms with Gasteiger partial charge in [0.2, 0.25) is 5.91 Å². The number of rotatable bonds is 5. The van der Waals surface area contributed by atoms with Gasteiger partial charge in [-0.2, -0.15) is 0 Å². The van der Waals surface area contributed by atoms with Crippen LogP contribution < -0.4 is 11.1 Å². The number of fused-ring (bicyclic) bond motifs is 1. The van der Waals surface area contributed by atoms with Crippen LogP contribution in [0.1, 0.15) is 19.2 Å². The molecule has 6 nitrogen and oxygen atoms in total. The molecule has 1 aliphatic heterocycles. The van der Waals surface area contributed by atoms with Crippen LogP contribution in [0.5, 0.6) is 0 Å². The van der Waals surface area contributed by atoms with Gasteiger partial charge in [-0.3, -0.25) is 4.79 Å². The van der Waals surface area contributed by atoms with E-state index in [1.807, 2.05) is 11.5 Å². The molecule has 1 atom stereocenters. The van der Waals surface area contributed by atoms with Crippen molar-refractivity contribution >= 4 is 29.0 Å². The molecule has 0 saturated carbocycles. The van der Waals surface area contributed by atoms with Crippen LogP contribution in [0, 0.1) is 11.6 Å². The quantitative estimate of drug-likeness (QED) is 0.613. The Kier molecular flexibility index (Phi) is 5.93. The van der Waals surface area contributed by atoms with Crippen LogP contribution in [0.15, 0.2) is 42.5 Å². The number of benzene rings is 2. The van der Waals surface area contributed by atoms with E-state index >= 15 is 0 Å². The monoisotopic (exact) mass is 445 g/mol. The lowest BCUT2D eigenvalue weighted by molar-refractivity contribution is -0.134. The fourth-order valence-electron chi connectivity index (χ4n) is 3.57. The van der Waals surface area contributed by atoms with Crippen molar-refractivity contribution in [3.63, 3.8) is 0 Å². The lowest BCUT2D eigenvalue weighted by atomic mass is 10.1. The van der Waals surface area contributed by atoms with E-state index in [2.05, 4.69) is 5.32 Å². The van der Waals surface area contributed by atoms with E-state index in [1.54, 1.807) is 23.1 Å². The van der Waals surface area contributed by atoms with Crippen LogP contribution in [0.4, 0.5) is 20.3 Å². The molecule has 0 aliphatic carbocycles. The van der Waals surface area contributed by atoms with E-state index in [-0.39, 0.29) is 16.7 Å². The summed E-state index contributed by atoms with van der Waals surface area (Å²) in [7, 11) is 0. The number of nitrogens with two attached hydrogens (primary N) is 1. The number of halogens is 3. The van der Waals surface area contributed by atoms with Crippen molar-refractivity contribution in [3.8, 4) is 11.3 Å². The number of imidazole rings is 1. The van der Waals surface area contributed by atoms with Gasteiger partial charge in [0.05, 0.1) is 17.6 Å². The molecule has 1 amide bonds. The smallest absolute Gasteiger partial charge is 0.239 e. The number of amides is 1. The second-order valence-corrected chi connectivity index (χ2v) is 7.82. The summed E-state index contributed by atoms with van der Waals surface area (Å²) in [4.78, 5) is 19.0. The van der Waals surface area contributed by atoms with E-state index < -0.39 is 11.9 Å². The largest absolute Gasteiger partial charge is 0.340 e. The Bertz CT molecular complexity index is 1120. The van der Waals surface area contributed by atoms with E-state index in [0.29, 0.717) is 54.6 Å². The molecule has 1 aliphatic rings. The molecule has 162 valence electrons. The highest BCUT2D eigenvalue weighted by Gasteiger charge is 2.28. The summed E-state index contributed by atoms with van der Waals surface area (Å²) < 4.78 is 29.4. The standard InChI is InChI=1S/C22H22ClF2N5O/c1-2-18(26)22(31)29-9-10-30-19(12-29)28-20(13-3-5-14(24)6-4-13)21(30)27-15-7-8-16(23)17(25)11-15/h3-8,11,18,27H,2,9-10,12,26H2,1H3/t18-/m0/s1. The number of hydrogen-bond donors (Lipinski definition) is 2. The maximum Gasteiger partial charge on any atom is 0.239 e. The Morgan fingerprint density at radius 2 is 1.97 bits per heavy atom. The van der Waals surface area contributed by atoms with Gasteiger partial charge >= 0.3 is 0 Å². The second kappa shape index (κ2) is 8.64. The third-order valence-electron chi connectivity index (χ3n) is 5.34.